The monoisotopic (exact) mass is 437 g/mol. The molecule has 4 saturated carbocycles. The van der Waals surface area contributed by atoms with Crippen molar-refractivity contribution in [1.29, 1.82) is 0 Å². The molecule has 0 amide bonds. The molecule has 5 aliphatic carbocycles. The molecule has 2 heterocycles. The van der Waals surface area contributed by atoms with Crippen molar-refractivity contribution in [3.63, 3.8) is 0 Å². The average molecular weight is 438 g/mol. The fourth-order valence-corrected chi connectivity index (χ4v) is 10.9. The van der Waals surface area contributed by atoms with Gasteiger partial charge >= 0.3 is 0 Å². The summed E-state index contributed by atoms with van der Waals surface area (Å²) in [5.74, 6) is 4.32. The third-order valence-corrected chi connectivity index (χ3v) is 12.7. The van der Waals surface area contributed by atoms with E-state index in [4.69, 9.17) is 4.74 Å². The minimum atomic E-state index is 0.103. The van der Waals surface area contributed by atoms with E-state index in [0.717, 1.165) is 43.1 Å². The Kier molecular flexibility index (Phi) is 4.07. The fraction of sp³-hybridized carbons (Fsp3) is 0.897. The molecule has 0 radical (unpaired) electrons. The number of piperidine rings is 1. The number of ether oxygens (including phenoxy) is 1. The Bertz CT molecular complexity index is 896. The predicted octanol–water partition coefficient (Wildman–Crippen LogP) is 5.68. The zero-order valence-electron chi connectivity index (χ0n) is 20.7. The fourth-order valence-electron chi connectivity index (χ4n) is 10.9. The summed E-state index contributed by atoms with van der Waals surface area (Å²) in [6.45, 7) is 11.2. The van der Waals surface area contributed by atoms with Crippen LogP contribution in [0.15, 0.2) is 11.6 Å². The predicted molar refractivity (Wildman–Crippen MR) is 126 cm³/mol. The second-order valence-corrected chi connectivity index (χ2v) is 14.1. The van der Waals surface area contributed by atoms with Gasteiger partial charge in [0.15, 0.2) is 5.78 Å². The maximum atomic E-state index is 12.2. The number of hydrogen-bond acceptors (Lipinski definition) is 3. The maximum Gasteiger partial charge on any atom is 0.155 e. The van der Waals surface area contributed by atoms with Crippen molar-refractivity contribution < 1.29 is 9.53 Å². The van der Waals surface area contributed by atoms with E-state index in [1.54, 1.807) is 0 Å². The van der Waals surface area contributed by atoms with E-state index < -0.39 is 0 Å². The van der Waals surface area contributed by atoms with Gasteiger partial charge in [-0.15, -0.1) is 0 Å². The molecule has 3 heteroatoms. The zero-order chi connectivity index (χ0) is 22.1. The molecule has 7 rings (SSSR count). The third-order valence-electron chi connectivity index (χ3n) is 12.7. The molecule has 2 spiro atoms. The van der Waals surface area contributed by atoms with Crippen molar-refractivity contribution in [1.82, 2.24) is 5.32 Å². The number of carbonyl (C=O) groups excluding carboxylic acids is 1. The summed E-state index contributed by atoms with van der Waals surface area (Å²) in [5, 5.41) is 3.89. The number of rotatable bonds is 0. The molecule has 3 unspecified atom stereocenters. The zero-order valence-corrected chi connectivity index (χ0v) is 20.7. The Morgan fingerprint density at radius 3 is 2.75 bits per heavy atom. The number of ketones is 1. The molecule has 32 heavy (non-hydrogen) atoms. The smallest absolute Gasteiger partial charge is 0.155 e. The molecular formula is C29H43NO2. The number of allylic oxidation sites excluding steroid dienone is 2. The van der Waals surface area contributed by atoms with Crippen LogP contribution in [0.5, 0.6) is 0 Å². The normalized spacial score (nSPS) is 60.6. The number of carbonyl (C=O) groups is 1. The molecule has 0 aromatic rings. The number of fused-ring (bicyclic) bond motifs is 5. The van der Waals surface area contributed by atoms with E-state index in [0.29, 0.717) is 40.1 Å². The van der Waals surface area contributed by atoms with Gasteiger partial charge in [0, 0.05) is 18.4 Å². The van der Waals surface area contributed by atoms with Crippen LogP contribution >= 0.6 is 0 Å². The van der Waals surface area contributed by atoms with Gasteiger partial charge < -0.3 is 10.1 Å². The molecular weight excluding hydrogens is 394 g/mol. The second-order valence-electron chi connectivity index (χ2n) is 14.1. The van der Waals surface area contributed by atoms with Crippen molar-refractivity contribution >= 4 is 5.78 Å². The van der Waals surface area contributed by atoms with Crippen molar-refractivity contribution in [3.8, 4) is 0 Å². The average Bonchev–Trinajstić information content (AvgIpc) is 3.06. The van der Waals surface area contributed by atoms with Crippen LogP contribution in [0.2, 0.25) is 0 Å². The lowest BCUT2D eigenvalue weighted by atomic mass is 9.56. The first-order chi connectivity index (χ1) is 15.2. The van der Waals surface area contributed by atoms with Crippen molar-refractivity contribution in [3.05, 3.63) is 11.6 Å². The SMILES string of the molecule is C[C@@H]1CN[C@H]2[C@@H](C)C3(CC[C@H]4[C@@H]5CCC6=CC(=O)CC[C@]6(C)[C@H]5CC45CC5(C)C3)O[C@@H]2C1. The maximum absolute atomic E-state index is 12.2. The summed E-state index contributed by atoms with van der Waals surface area (Å²) in [6, 6.07) is 0.566. The highest BCUT2D eigenvalue weighted by Crippen LogP contribution is 2.83. The van der Waals surface area contributed by atoms with Crippen molar-refractivity contribution in [2.75, 3.05) is 6.54 Å². The van der Waals surface area contributed by atoms with Crippen LogP contribution in [0.25, 0.3) is 0 Å². The van der Waals surface area contributed by atoms with E-state index in [1.165, 1.54) is 56.9 Å². The van der Waals surface area contributed by atoms with Gasteiger partial charge in [-0.2, -0.15) is 0 Å². The summed E-state index contributed by atoms with van der Waals surface area (Å²) in [4.78, 5) is 12.2. The largest absolute Gasteiger partial charge is 0.370 e. The van der Waals surface area contributed by atoms with Crippen molar-refractivity contribution in [2.24, 2.45) is 45.8 Å². The summed E-state index contributed by atoms with van der Waals surface area (Å²) in [6.07, 6.45) is 14.9. The van der Waals surface area contributed by atoms with Crippen LogP contribution in [0.3, 0.4) is 0 Å². The molecule has 2 aliphatic heterocycles. The van der Waals surface area contributed by atoms with E-state index in [9.17, 15) is 4.79 Å². The molecule has 0 aromatic carbocycles. The van der Waals surface area contributed by atoms with E-state index in [1.807, 2.05) is 0 Å². The molecule has 0 aromatic heterocycles. The van der Waals surface area contributed by atoms with Gasteiger partial charge in [-0.25, -0.2) is 0 Å². The Hall–Kier alpha value is -0.670. The highest BCUT2D eigenvalue weighted by atomic mass is 16.5. The lowest BCUT2D eigenvalue weighted by Gasteiger charge is -2.48. The van der Waals surface area contributed by atoms with Crippen LogP contribution in [0.1, 0.15) is 91.9 Å². The Morgan fingerprint density at radius 1 is 1.06 bits per heavy atom. The Balaban J connectivity index is 1.20. The highest BCUT2D eigenvalue weighted by molar-refractivity contribution is 5.91. The minimum absolute atomic E-state index is 0.103. The Morgan fingerprint density at radius 2 is 1.91 bits per heavy atom. The van der Waals surface area contributed by atoms with Gasteiger partial charge in [-0.05, 0) is 110 Å². The van der Waals surface area contributed by atoms with E-state index in [2.05, 4.69) is 39.1 Å². The van der Waals surface area contributed by atoms with Gasteiger partial charge in [0.1, 0.15) is 0 Å². The topological polar surface area (TPSA) is 38.3 Å². The van der Waals surface area contributed by atoms with Gasteiger partial charge in [-0.3, -0.25) is 4.79 Å². The second kappa shape index (κ2) is 6.30. The van der Waals surface area contributed by atoms with Crippen molar-refractivity contribution in [2.45, 2.75) is 110 Å². The summed E-state index contributed by atoms with van der Waals surface area (Å²) >= 11 is 0. The summed E-state index contributed by atoms with van der Waals surface area (Å²) in [5.41, 5.74) is 2.93. The van der Waals surface area contributed by atoms with Crippen LogP contribution in [0, 0.1) is 45.8 Å². The first-order valence-corrected chi connectivity index (χ1v) is 13.8. The van der Waals surface area contributed by atoms with Crippen LogP contribution in [0.4, 0.5) is 0 Å². The Labute approximate surface area is 194 Å². The first-order valence-electron chi connectivity index (χ1n) is 13.8. The quantitative estimate of drug-likeness (QED) is 0.530. The van der Waals surface area contributed by atoms with E-state index in [-0.39, 0.29) is 5.60 Å². The number of nitrogens with one attached hydrogen (secondary N) is 1. The molecule has 11 atom stereocenters. The summed E-state index contributed by atoms with van der Waals surface area (Å²) < 4.78 is 7.13. The molecule has 1 N–H and O–H groups in total. The van der Waals surface area contributed by atoms with Crippen LogP contribution in [-0.2, 0) is 9.53 Å². The molecule has 6 fully saturated rings. The number of hydrogen-bond donors (Lipinski definition) is 1. The molecule has 3 nitrogen and oxygen atoms in total. The minimum Gasteiger partial charge on any atom is -0.370 e. The molecule has 2 saturated heterocycles. The molecule has 7 aliphatic rings. The van der Waals surface area contributed by atoms with Gasteiger partial charge in [0.2, 0.25) is 0 Å². The third kappa shape index (κ3) is 2.43. The van der Waals surface area contributed by atoms with Crippen LogP contribution in [-0.4, -0.2) is 30.1 Å². The first kappa shape index (κ1) is 20.7. The lowest BCUT2D eigenvalue weighted by molar-refractivity contribution is -0.116. The van der Waals surface area contributed by atoms with E-state index >= 15 is 0 Å². The molecule has 176 valence electrons. The lowest BCUT2D eigenvalue weighted by Crippen LogP contribution is -2.49. The molecule has 0 bridgehead atoms. The van der Waals surface area contributed by atoms with Crippen LogP contribution < -0.4 is 5.32 Å². The summed E-state index contributed by atoms with van der Waals surface area (Å²) in [7, 11) is 0. The highest BCUT2D eigenvalue weighted by Gasteiger charge is 2.77. The van der Waals surface area contributed by atoms with Gasteiger partial charge in [0.05, 0.1) is 11.7 Å². The standard InChI is InChI=1S/C29H43NO2/c1-17-11-24-25(30-14-17)18(2)29(32-24)10-8-22-21-6-5-19-12-20(31)7-9-27(19,4)23(21)13-28(22)15-26(28,3)16-29/h12,17-18,21-25,30H,5-11,13-16H2,1-4H3/t17-,18+,21-,22-,23-,24+,25-,26?,27-,28?,29?/m0/s1. The van der Waals surface area contributed by atoms with Gasteiger partial charge in [-0.1, -0.05) is 33.3 Å². The van der Waals surface area contributed by atoms with Gasteiger partial charge in [0.25, 0.3) is 0 Å².